The monoisotopic (exact) mass is 406 g/mol. The molecule has 4 rings (SSSR count). The van der Waals surface area contributed by atoms with Gasteiger partial charge in [0.2, 0.25) is 5.91 Å². The second kappa shape index (κ2) is 9.22. The molecule has 7 heteroatoms. The zero-order valence-corrected chi connectivity index (χ0v) is 16.5. The molecule has 3 N–H and O–H groups in total. The van der Waals surface area contributed by atoms with Gasteiger partial charge in [-0.05, 0) is 17.7 Å². The van der Waals surface area contributed by atoms with Crippen LogP contribution in [0.3, 0.4) is 0 Å². The van der Waals surface area contributed by atoms with Crippen LogP contribution in [0, 0.1) is 0 Å². The average Bonchev–Trinajstić information content (AvgIpc) is 3.23. The molecule has 1 saturated heterocycles. The summed E-state index contributed by atoms with van der Waals surface area (Å²) in [4.78, 5) is 22.3. The third-order valence-corrected chi connectivity index (χ3v) is 4.96. The van der Waals surface area contributed by atoms with E-state index >= 15 is 0 Å². The van der Waals surface area contributed by atoms with Crippen LogP contribution in [0.4, 0.5) is 0 Å². The fraction of sp³-hybridized carbons (Fsp3) is 0.300. The van der Waals surface area contributed by atoms with Crippen molar-refractivity contribution in [2.24, 2.45) is 5.73 Å². The molecular weight excluding hydrogens is 383 g/mol. The van der Waals surface area contributed by atoms with Crippen LogP contribution in [0.2, 0.25) is 0 Å². The largest absolute Gasteiger partial charge is 0.342 e. The van der Waals surface area contributed by atoms with Gasteiger partial charge in [-0.1, -0.05) is 42.5 Å². The molecule has 1 aromatic heterocycles. The van der Waals surface area contributed by atoms with Crippen molar-refractivity contribution < 1.29 is 4.79 Å². The Bertz CT molecular complexity index is 851. The highest BCUT2D eigenvalue weighted by Crippen LogP contribution is 2.26. The third-order valence-electron chi connectivity index (χ3n) is 4.96. The fourth-order valence-electron chi connectivity index (χ4n) is 3.59. The molecule has 1 aliphatic rings. The molecule has 0 radical (unpaired) electrons. The standard InChI is InChI=1S/C20H22N4O.2ClH/c21-16-13-24(12-15(16)14-6-2-1-3-7-14)20(25)11-10-19-22-17-8-4-5-9-18(17)23-19;;/h1-9,15-16H,10-13,21H2,(H,22,23);2*1H/t15-,16+;;/m0../s1. The average molecular weight is 407 g/mol. The SMILES string of the molecule is Cl.Cl.N[C@@H]1CN(C(=O)CCc2nc3ccccc3[nH]2)C[C@H]1c1ccccc1. The van der Waals surface area contributed by atoms with Gasteiger partial charge < -0.3 is 15.6 Å². The minimum Gasteiger partial charge on any atom is -0.342 e. The Balaban J connectivity index is 0.00000131. The van der Waals surface area contributed by atoms with Crippen molar-refractivity contribution in [2.75, 3.05) is 13.1 Å². The van der Waals surface area contributed by atoms with Crippen molar-refractivity contribution in [3.63, 3.8) is 0 Å². The summed E-state index contributed by atoms with van der Waals surface area (Å²) in [5, 5.41) is 0. The number of carbonyl (C=O) groups is 1. The number of aromatic nitrogens is 2. The van der Waals surface area contributed by atoms with Crippen LogP contribution in [-0.4, -0.2) is 39.9 Å². The Morgan fingerprint density at radius 3 is 2.52 bits per heavy atom. The number of aryl methyl sites for hydroxylation is 1. The third kappa shape index (κ3) is 4.61. The van der Waals surface area contributed by atoms with Crippen LogP contribution in [0.25, 0.3) is 11.0 Å². The van der Waals surface area contributed by atoms with Crippen molar-refractivity contribution in [3.8, 4) is 0 Å². The Hall–Kier alpha value is -2.08. The number of para-hydroxylation sites is 2. The lowest BCUT2D eigenvalue weighted by Crippen LogP contribution is -2.32. The molecule has 1 amide bonds. The molecule has 0 aliphatic carbocycles. The van der Waals surface area contributed by atoms with Crippen molar-refractivity contribution in [2.45, 2.75) is 24.8 Å². The highest BCUT2D eigenvalue weighted by atomic mass is 35.5. The molecule has 2 aromatic carbocycles. The summed E-state index contributed by atoms with van der Waals surface area (Å²) in [6.45, 7) is 1.32. The van der Waals surface area contributed by atoms with Crippen LogP contribution in [-0.2, 0) is 11.2 Å². The van der Waals surface area contributed by atoms with Crippen LogP contribution < -0.4 is 5.73 Å². The van der Waals surface area contributed by atoms with Crippen LogP contribution >= 0.6 is 24.8 Å². The first-order valence-electron chi connectivity index (χ1n) is 8.72. The Labute approximate surface area is 171 Å². The van der Waals surface area contributed by atoms with Gasteiger partial charge in [0.25, 0.3) is 0 Å². The number of imidazole rings is 1. The first kappa shape index (κ1) is 21.2. The number of H-pyrrole nitrogens is 1. The van der Waals surface area contributed by atoms with Crippen LogP contribution in [0.5, 0.6) is 0 Å². The number of nitrogens with zero attached hydrogens (tertiary/aromatic N) is 2. The van der Waals surface area contributed by atoms with Gasteiger partial charge in [0.15, 0.2) is 0 Å². The van der Waals surface area contributed by atoms with E-state index in [0.717, 1.165) is 16.9 Å². The van der Waals surface area contributed by atoms with Crippen molar-refractivity contribution in [1.29, 1.82) is 0 Å². The highest BCUT2D eigenvalue weighted by molar-refractivity contribution is 5.85. The predicted octanol–water partition coefficient (Wildman–Crippen LogP) is 3.29. The van der Waals surface area contributed by atoms with Crippen LogP contribution in [0.15, 0.2) is 54.6 Å². The molecule has 144 valence electrons. The van der Waals surface area contributed by atoms with E-state index in [-0.39, 0.29) is 42.7 Å². The van der Waals surface area contributed by atoms with Gasteiger partial charge >= 0.3 is 0 Å². The smallest absolute Gasteiger partial charge is 0.223 e. The normalized spacial score (nSPS) is 18.8. The topological polar surface area (TPSA) is 75.0 Å². The number of amides is 1. The maximum atomic E-state index is 12.6. The van der Waals surface area contributed by atoms with Crippen molar-refractivity contribution in [1.82, 2.24) is 14.9 Å². The number of nitrogens with one attached hydrogen (secondary N) is 1. The second-order valence-electron chi connectivity index (χ2n) is 6.68. The summed E-state index contributed by atoms with van der Waals surface area (Å²) in [5.41, 5.74) is 9.45. The first-order chi connectivity index (χ1) is 12.2. The zero-order chi connectivity index (χ0) is 17.2. The highest BCUT2D eigenvalue weighted by Gasteiger charge is 2.33. The summed E-state index contributed by atoms with van der Waals surface area (Å²) in [5.74, 6) is 1.23. The number of hydrogen-bond donors (Lipinski definition) is 2. The Morgan fingerprint density at radius 1 is 1.07 bits per heavy atom. The van der Waals surface area contributed by atoms with Gasteiger partial charge in [0.1, 0.15) is 5.82 Å². The molecule has 0 spiro atoms. The summed E-state index contributed by atoms with van der Waals surface area (Å²) in [7, 11) is 0. The predicted molar refractivity (Wildman–Crippen MR) is 113 cm³/mol. The van der Waals surface area contributed by atoms with Gasteiger partial charge in [0, 0.05) is 37.9 Å². The summed E-state index contributed by atoms with van der Waals surface area (Å²) >= 11 is 0. The van der Waals surface area contributed by atoms with Gasteiger partial charge in [-0.25, -0.2) is 4.98 Å². The maximum absolute atomic E-state index is 12.6. The lowest BCUT2D eigenvalue weighted by Gasteiger charge is -2.16. The minimum absolute atomic E-state index is 0. The van der Waals surface area contributed by atoms with E-state index in [0.29, 0.717) is 25.9 Å². The summed E-state index contributed by atoms with van der Waals surface area (Å²) in [6, 6.07) is 18.1. The van der Waals surface area contributed by atoms with E-state index in [1.807, 2.05) is 47.4 Å². The molecule has 0 saturated carbocycles. The number of aromatic amines is 1. The molecule has 2 atom stereocenters. The summed E-state index contributed by atoms with van der Waals surface area (Å²) in [6.07, 6.45) is 1.07. The Morgan fingerprint density at radius 2 is 1.78 bits per heavy atom. The molecule has 27 heavy (non-hydrogen) atoms. The van der Waals surface area contributed by atoms with E-state index < -0.39 is 0 Å². The molecule has 5 nitrogen and oxygen atoms in total. The van der Waals surface area contributed by atoms with Crippen LogP contribution in [0.1, 0.15) is 23.7 Å². The fourth-order valence-corrected chi connectivity index (χ4v) is 3.59. The summed E-state index contributed by atoms with van der Waals surface area (Å²) < 4.78 is 0. The van der Waals surface area contributed by atoms with E-state index in [2.05, 4.69) is 22.1 Å². The second-order valence-corrected chi connectivity index (χ2v) is 6.68. The van der Waals surface area contributed by atoms with Gasteiger partial charge in [-0.15, -0.1) is 24.8 Å². The van der Waals surface area contributed by atoms with Gasteiger partial charge in [-0.3, -0.25) is 4.79 Å². The maximum Gasteiger partial charge on any atom is 0.223 e. The lowest BCUT2D eigenvalue weighted by molar-refractivity contribution is -0.130. The number of halogens is 2. The number of carbonyl (C=O) groups excluding carboxylic acids is 1. The lowest BCUT2D eigenvalue weighted by atomic mass is 9.95. The van der Waals surface area contributed by atoms with Gasteiger partial charge in [-0.2, -0.15) is 0 Å². The number of nitrogens with two attached hydrogens (primary N) is 1. The molecule has 1 fully saturated rings. The molecule has 3 aromatic rings. The molecular formula is C20H24Cl2N4O. The zero-order valence-electron chi connectivity index (χ0n) is 14.9. The first-order valence-corrected chi connectivity index (χ1v) is 8.72. The molecule has 0 bridgehead atoms. The number of benzene rings is 2. The van der Waals surface area contributed by atoms with Crippen molar-refractivity contribution >= 4 is 41.8 Å². The molecule has 2 heterocycles. The van der Waals surface area contributed by atoms with E-state index in [9.17, 15) is 4.79 Å². The minimum atomic E-state index is -0.00227. The van der Waals surface area contributed by atoms with Gasteiger partial charge in [0.05, 0.1) is 11.0 Å². The number of rotatable bonds is 4. The molecule has 0 unspecified atom stereocenters. The quantitative estimate of drug-likeness (QED) is 0.697. The van der Waals surface area contributed by atoms with E-state index in [1.54, 1.807) is 0 Å². The Kier molecular flexibility index (Phi) is 7.25. The number of fused-ring (bicyclic) bond motifs is 1. The van der Waals surface area contributed by atoms with E-state index in [1.165, 1.54) is 5.56 Å². The number of hydrogen-bond acceptors (Lipinski definition) is 3. The van der Waals surface area contributed by atoms with Crippen molar-refractivity contribution in [3.05, 3.63) is 66.0 Å². The number of likely N-dealkylation sites (tertiary alicyclic amines) is 1. The van der Waals surface area contributed by atoms with E-state index in [4.69, 9.17) is 5.73 Å². The molecule has 1 aliphatic heterocycles.